The fourth-order valence-corrected chi connectivity index (χ4v) is 4.76. The summed E-state index contributed by atoms with van der Waals surface area (Å²) < 4.78 is 0. The monoisotopic (exact) mass is 387 g/mol. The molecule has 2 aliphatic carbocycles. The van der Waals surface area contributed by atoms with Crippen molar-refractivity contribution in [1.82, 2.24) is 4.90 Å². The summed E-state index contributed by atoms with van der Waals surface area (Å²) in [6.07, 6.45) is 3.55. The summed E-state index contributed by atoms with van der Waals surface area (Å²) in [7, 11) is 0. The Balaban J connectivity index is 0.00000113. The number of anilines is 1. The second kappa shape index (κ2) is 8.02. The number of carbonyl (C=O) groups is 1. The molecule has 3 N–H and O–H groups in total. The first kappa shape index (κ1) is 20.1. The van der Waals surface area contributed by atoms with Crippen molar-refractivity contribution in [1.29, 1.82) is 0 Å². The van der Waals surface area contributed by atoms with E-state index >= 15 is 0 Å². The minimum Gasteiger partial charge on any atom is -0.508 e. The van der Waals surface area contributed by atoms with Crippen molar-refractivity contribution in [2.45, 2.75) is 25.3 Å². The summed E-state index contributed by atoms with van der Waals surface area (Å²) >= 11 is 0. The maximum absolute atomic E-state index is 12.9. The van der Waals surface area contributed by atoms with Crippen LogP contribution in [-0.2, 0) is 4.79 Å². The quantitative estimate of drug-likeness (QED) is 0.816. The van der Waals surface area contributed by atoms with Crippen LogP contribution in [0.2, 0.25) is 0 Å². The molecule has 7 heteroatoms. The number of benzene rings is 1. The molecular formula is C18H27Cl2N3O2. The molecule has 1 heterocycles. The average molecular weight is 388 g/mol. The first-order chi connectivity index (χ1) is 11.1. The molecule has 0 aromatic heterocycles. The number of phenols is 1. The number of phenolic OH excluding ortho intramolecular Hbond substituents is 1. The third-order valence-corrected chi connectivity index (χ3v) is 6.07. The number of halogens is 2. The molecule has 25 heavy (non-hydrogen) atoms. The molecule has 1 amide bonds. The highest BCUT2D eigenvalue weighted by Gasteiger charge is 2.50. The molecular weight excluding hydrogens is 361 g/mol. The summed E-state index contributed by atoms with van der Waals surface area (Å²) in [5, 5.41) is 9.38. The van der Waals surface area contributed by atoms with Crippen LogP contribution in [0.1, 0.15) is 19.3 Å². The summed E-state index contributed by atoms with van der Waals surface area (Å²) in [5.41, 5.74) is 7.43. The van der Waals surface area contributed by atoms with Crippen LogP contribution in [0.15, 0.2) is 24.3 Å². The predicted molar refractivity (Wildman–Crippen MR) is 104 cm³/mol. The molecule has 4 unspecified atom stereocenters. The molecule has 3 fully saturated rings. The molecule has 5 nitrogen and oxygen atoms in total. The Morgan fingerprint density at radius 1 is 1.00 bits per heavy atom. The average Bonchev–Trinajstić information content (AvgIpc) is 3.16. The van der Waals surface area contributed by atoms with Gasteiger partial charge >= 0.3 is 0 Å². The van der Waals surface area contributed by atoms with E-state index < -0.39 is 0 Å². The summed E-state index contributed by atoms with van der Waals surface area (Å²) in [5.74, 6) is 1.74. The van der Waals surface area contributed by atoms with Gasteiger partial charge in [-0.25, -0.2) is 0 Å². The van der Waals surface area contributed by atoms with Crippen LogP contribution in [-0.4, -0.2) is 48.1 Å². The van der Waals surface area contributed by atoms with Crippen LogP contribution in [0.4, 0.5) is 5.69 Å². The third kappa shape index (κ3) is 3.69. The summed E-state index contributed by atoms with van der Waals surface area (Å²) in [6, 6.07) is 7.36. The number of hydrogen-bond donors (Lipinski definition) is 2. The Morgan fingerprint density at radius 2 is 1.60 bits per heavy atom. The van der Waals surface area contributed by atoms with E-state index in [-0.39, 0.29) is 48.4 Å². The van der Waals surface area contributed by atoms with Gasteiger partial charge in [0, 0.05) is 37.9 Å². The van der Waals surface area contributed by atoms with Crippen LogP contribution in [0, 0.1) is 17.8 Å². The zero-order valence-corrected chi connectivity index (χ0v) is 15.8. The van der Waals surface area contributed by atoms with Crippen LogP contribution in [0.3, 0.4) is 0 Å². The van der Waals surface area contributed by atoms with E-state index in [0.717, 1.165) is 38.3 Å². The molecule has 0 radical (unpaired) electrons. The lowest BCUT2D eigenvalue weighted by molar-refractivity contribution is -0.138. The highest BCUT2D eigenvalue weighted by Crippen LogP contribution is 2.48. The summed E-state index contributed by atoms with van der Waals surface area (Å²) in [6.45, 7) is 3.21. The normalized spacial score (nSPS) is 30.6. The number of carbonyl (C=O) groups excluding carboxylic acids is 1. The van der Waals surface area contributed by atoms with Crippen molar-refractivity contribution in [3.8, 4) is 5.75 Å². The lowest BCUT2D eigenvalue weighted by Gasteiger charge is -2.39. The first-order valence-electron chi connectivity index (χ1n) is 8.72. The Hall–Kier alpha value is -1.17. The third-order valence-electron chi connectivity index (χ3n) is 6.07. The second-order valence-electron chi connectivity index (χ2n) is 7.27. The van der Waals surface area contributed by atoms with Crippen LogP contribution < -0.4 is 10.6 Å². The summed E-state index contributed by atoms with van der Waals surface area (Å²) in [4.78, 5) is 17.2. The topological polar surface area (TPSA) is 69.8 Å². The van der Waals surface area contributed by atoms with Crippen LogP contribution >= 0.6 is 24.8 Å². The van der Waals surface area contributed by atoms with Gasteiger partial charge in [0.25, 0.3) is 0 Å². The number of amides is 1. The molecule has 2 bridgehead atoms. The zero-order chi connectivity index (χ0) is 16.0. The molecule has 1 saturated heterocycles. The van der Waals surface area contributed by atoms with Gasteiger partial charge < -0.3 is 20.6 Å². The zero-order valence-electron chi connectivity index (χ0n) is 14.2. The van der Waals surface area contributed by atoms with Gasteiger partial charge in [-0.3, -0.25) is 4.79 Å². The molecule has 4 atom stereocenters. The largest absolute Gasteiger partial charge is 0.508 e. The number of aromatic hydroxyl groups is 1. The fourth-order valence-electron chi connectivity index (χ4n) is 4.76. The molecule has 1 aromatic rings. The maximum Gasteiger partial charge on any atom is 0.227 e. The maximum atomic E-state index is 12.9. The van der Waals surface area contributed by atoms with Crippen molar-refractivity contribution in [3.05, 3.63) is 24.3 Å². The fraction of sp³-hybridized carbons (Fsp3) is 0.611. The lowest BCUT2D eigenvalue weighted by Crippen LogP contribution is -2.53. The molecule has 3 aliphatic rings. The van der Waals surface area contributed by atoms with E-state index in [1.54, 1.807) is 12.1 Å². The van der Waals surface area contributed by atoms with Crippen molar-refractivity contribution in [3.63, 3.8) is 0 Å². The standard InChI is InChI=1S/C18H25N3O2.2ClH/c19-17-13-2-1-12(11-13)16(17)18(23)21-9-7-20(8-10-21)14-3-5-15(22)6-4-14;;/h3-6,12-13,16-17,22H,1-2,7-11,19H2;2*1H. The minimum atomic E-state index is 0. The number of hydrogen-bond acceptors (Lipinski definition) is 4. The number of rotatable bonds is 2. The van der Waals surface area contributed by atoms with Gasteiger partial charge in [0.1, 0.15) is 5.75 Å². The SMILES string of the molecule is Cl.Cl.NC1C2CCC(C2)C1C(=O)N1CCN(c2ccc(O)cc2)CC1. The van der Waals surface area contributed by atoms with E-state index in [1.165, 1.54) is 12.8 Å². The van der Waals surface area contributed by atoms with Gasteiger partial charge in [0.05, 0.1) is 5.92 Å². The van der Waals surface area contributed by atoms with Crippen LogP contribution in [0.5, 0.6) is 5.75 Å². The van der Waals surface area contributed by atoms with Crippen molar-refractivity contribution in [2.75, 3.05) is 31.1 Å². The van der Waals surface area contributed by atoms with Crippen LogP contribution in [0.25, 0.3) is 0 Å². The molecule has 1 aliphatic heterocycles. The van der Waals surface area contributed by atoms with E-state index in [1.807, 2.05) is 17.0 Å². The highest BCUT2D eigenvalue weighted by molar-refractivity contribution is 5.85. The van der Waals surface area contributed by atoms with Gasteiger partial charge in [-0.05, 0) is 55.4 Å². The Morgan fingerprint density at radius 3 is 2.16 bits per heavy atom. The van der Waals surface area contributed by atoms with Gasteiger partial charge in [0.2, 0.25) is 5.91 Å². The minimum absolute atomic E-state index is 0. The number of nitrogens with zero attached hydrogens (tertiary/aromatic N) is 2. The van der Waals surface area contributed by atoms with E-state index in [4.69, 9.17) is 5.73 Å². The molecule has 140 valence electrons. The first-order valence-corrected chi connectivity index (χ1v) is 8.72. The smallest absolute Gasteiger partial charge is 0.227 e. The van der Waals surface area contributed by atoms with Crippen molar-refractivity contribution in [2.24, 2.45) is 23.5 Å². The van der Waals surface area contributed by atoms with Gasteiger partial charge in [-0.15, -0.1) is 24.8 Å². The number of nitrogens with two attached hydrogens (primary N) is 1. The lowest BCUT2D eigenvalue weighted by atomic mass is 9.84. The molecule has 2 saturated carbocycles. The van der Waals surface area contributed by atoms with E-state index in [2.05, 4.69) is 4.90 Å². The van der Waals surface area contributed by atoms with Crippen molar-refractivity contribution >= 4 is 36.4 Å². The Labute approximate surface area is 161 Å². The van der Waals surface area contributed by atoms with Gasteiger partial charge in [-0.1, -0.05) is 0 Å². The molecule has 4 rings (SSSR count). The van der Waals surface area contributed by atoms with Crippen molar-refractivity contribution < 1.29 is 9.90 Å². The molecule has 1 aromatic carbocycles. The Kier molecular flexibility index (Phi) is 6.46. The predicted octanol–water partition coefficient (Wildman–Crippen LogP) is 2.26. The number of piperazine rings is 1. The van der Waals surface area contributed by atoms with Gasteiger partial charge in [-0.2, -0.15) is 0 Å². The van der Waals surface area contributed by atoms with E-state index in [0.29, 0.717) is 11.8 Å². The number of fused-ring (bicyclic) bond motifs is 2. The molecule has 0 spiro atoms. The highest BCUT2D eigenvalue weighted by atomic mass is 35.5. The van der Waals surface area contributed by atoms with E-state index in [9.17, 15) is 9.90 Å². The Bertz CT molecular complexity index is 588. The van der Waals surface area contributed by atoms with Gasteiger partial charge in [0.15, 0.2) is 0 Å². The second-order valence-corrected chi connectivity index (χ2v) is 7.27.